The SMILES string of the molecule is Nc1ccn([C@H]2C[C@H](O)[C@@H](C(O)N(CCC(=O)O)CCC(=O)O)O2)c(=O)n1. The predicted molar refractivity (Wildman–Crippen MR) is 89.5 cm³/mol. The van der Waals surface area contributed by atoms with Gasteiger partial charge in [0.1, 0.15) is 24.4 Å². The third-order valence-corrected chi connectivity index (χ3v) is 4.19. The van der Waals surface area contributed by atoms with Crippen molar-refractivity contribution in [2.24, 2.45) is 0 Å². The highest BCUT2D eigenvalue weighted by Crippen LogP contribution is 2.30. The Kier molecular flexibility index (Phi) is 6.85. The van der Waals surface area contributed by atoms with Gasteiger partial charge in [0, 0.05) is 25.7 Å². The van der Waals surface area contributed by atoms with E-state index in [-0.39, 0.29) is 38.2 Å². The maximum Gasteiger partial charge on any atom is 0.351 e. The van der Waals surface area contributed by atoms with E-state index in [2.05, 4.69) is 4.98 Å². The van der Waals surface area contributed by atoms with Gasteiger partial charge < -0.3 is 30.9 Å². The standard InChI is InChI=1S/C15H22N4O8/c16-9-1-6-19(15(26)17-9)10-7-8(20)13(27-10)14(25)18(4-2-11(21)22)5-3-12(23)24/h1,6,8,10,13-14,20,25H,2-5,7H2,(H,21,22)(H,23,24)(H2,16,17,26)/t8-,10+,13-,14?/m0/s1. The summed E-state index contributed by atoms with van der Waals surface area (Å²) in [4.78, 5) is 38.3. The van der Waals surface area contributed by atoms with Crippen LogP contribution in [0, 0.1) is 0 Å². The number of hydrogen-bond donors (Lipinski definition) is 5. The van der Waals surface area contributed by atoms with Crippen LogP contribution in [0.25, 0.3) is 0 Å². The molecule has 1 aliphatic heterocycles. The summed E-state index contributed by atoms with van der Waals surface area (Å²) < 4.78 is 6.70. The molecule has 1 fully saturated rings. The molecule has 0 aromatic carbocycles. The molecule has 0 saturated carbocycles. The zero-order chi connectivity index (χ0) is 20.1. The summed E-state index contributed by atoms with van der Waals surface area (Å²) in [5.41, 5.74) is 4.74. The average molecular weight is 386 g/mol. The Labute approximate surface area is 153 Å². The first-order valence-electron chi connectivity index (χ1n) is 8.23. The van der Waals surface area contributed by atoms with Gasteiger partial charge >= 0.3 is 17.6 Å². The zero-order valence-electron chi connectivity index (χ0n) is 14.3. The Hall–Kier alpha value is -2.54. The lowest BCUT2D eigenvalue weighted by molar-refractivity contribution is -0.150. The fourth-order valence-corrected chi connectivity index (χ4v) is 2.82. The number of nitrogen functional groups attached to an aromatic ring is 1. The molecular formula is C15H22N4O8. The number of carbonyl (C=O) groups is 2. The first-order valence-corrected chi connectivity index (χ1v) is 8.23. The zero-order valence-corrected chi connectivity index (χ0v) is 14.3. The number of aliphatic hydroxyl groups is 2. The number of aromatic nitrogens is 2. The summed E-state index contributed by atoms with van der Waals surface area (Å²) in [5.74, 6) is -2.21. The molecule has 150 valence electrons. The Morgan fingerprint density at radius 3 is 2.44 bits per heavy atom. The van der Waals surface area contributed by atoms with E-state index in [0.29, 0.717) is 0 Å². The topological polar surface area (TPSA) is 188 Å². The van der Waals surface area contributed by atoms with Gasteiger partial charge in [-0.3, -0.25) is 19.1 Å². The van der Waals surface area contributed by atoms with Gasteiger partial charge in [0.2, 0.25) is 0 Å². The van der Waals surface area contributed by atoms with Crippen molar-refractivity contribution in [1.82, 2.24) is 14.5 Å². The quantitative estimate of drug-likeness (QED) is 0.296. The molecule has 2 heterocycles. The van der Waals surface area contributed by atoms with Gasteiger partial charge in [0.05, 0.1) is 18.9 Å². The number of rotatable bonds is 9. The van der Waals surface area contributed by atoms with Crippen LogP contribution in [0.1, 0.15) is 25.5 Å². The summed E-state index contributed by atoms with van der Waals surface area (Å²) in [7, 11) is 0. The van der Waals surface area contributed by atoms with E-state index in [4.69, 9.17) is 20.7 Å². The van der Waals surface area contributed by atoms with E-state index in [1.165, 1.54) is 17.2 Å². The number of aliphatic carboxylic acids is 2. The molecule has 1 saturated heterocycles. The van der Waals surface area contributed by atoms with Crippen molar-refractivity contribution in [3.05, 3.63) is 22.7 Å². The van der Waals surface area contributed by atoms with Gasteiger partial charge in [-0.15, -0.1) is 0 Å². The van der Waals surface area contributed by atoms with Gasteiger partial charge in [-0.1, -0.05) is 0 Å². The van der Waals surface area contributed by atoms with Crippen LogP contribution in [0.3, 0.4) is 0 Å². The molecule has 2 rings (SSSR count). The predicted octanol–water partition coefficient (Wildman–Crippen LogP) is -1.96. The molecule has 0 radical (unpaired) electrons. The fourth-order valence-electron chi connectivity index (χ4n) is 2.82. The number of hydrogen-bond acceptors (Lipinski definition) is 9. The van der Waals surface area contributed by atoms with Gasteiger partial charge in [-0.2, -0.15) is 4.98 Å². The third-order valence-electron chi connectivity index (χ3n) is 4.19. The lowest BCUT2D eigenvalue weighted by Crippen LogP contribution is -2.49. The first-order chi connectivity index (χ1) is 12.7. The molecule has 0 bridgehead atoms. The Balaban J connectivity index is 2.11. The number of nitrogens with zero attached hydrogens (tertiary/aromatic N) is 3. The van der Waals surface area contributed by atoms with Crippen molar-refractivity contribution >= 4 is 17.8 Å². The van der Waals surface area contributed by atoms with Crippen molar-refractivity contribution in [2.45, 2.75) is 43.9 Å². The second-order valence-corrected chi connectivity index (χ2v) is 6.14. The molecule has 1 aromatic rings. The van der Waals surface area contributed by atoms with E-state index >= 15 is 0 Å². The molecule has 4 atom stereocenters. The van der Waals surface area contributed by atoms with Crippen molar-refractivity contribution in [3.8, 4) is 0 Å². The van der Waals surface area contributed by atoms with E-state index in [1.807, 2.05) is 0 Å². The summed E-state index contributed by atoms with van der Waals surface area (Å²) in [6.07, 6.45) is -4.01. The van der Waals surface area contributed by atoms with Crippen LogP contribution in [0.2, 0.25) is 0 Å². The molecule has 6 N–H and O–H groups in total. The number of ether oxygens (including phenoxy) is 1. The van der Waals surface area contributed by atoms with Crippen molar-refractivity contribution in [1.29, 1.82) is 0 Å². The maximum absolute atomic E-state index is 11.9. The minimum atomic E-state index is -1.46. The summed E-state index contributed by atoms with van der Waals surface area (Å²) in [6, 6.07) is 1.38. The average Bonchev–Trinajstić information content (AvgIpc) is 2.95. The van der Waals surface area contributed by atoms with Crippen molar-refractivity contribution in [3.63, 3.8) is 0 Å². The minimum absolute atomic E-state index is 0.0149. The lowest BCUT2D eigenvalue weighted by Gasteiger charge is -2.32. The molecular weight excluding hydrogens is 364 g/mol. The van der Waals surface area contributed by atoms with Crippen LogP contribution in [-0.4, -0.2) is 78.3 Å². The molecule has 12 nitrogen and oxygen atoms in total. The maximum atomic E-state index is 11.9. The van der Waals surface area contributed by atoms with Crippen LogP contribution >= 0.6 is 0 Å². The Bertz CT molecular complexity index is 721. The molecule has 0 aliphatic carbocycles. The van der Waals surface area contributed by atoms with E-state index in [0.717, 1.165) is 4.57 Å². The molecule has 27 heavy (non-hydrogen) atoms. The second-order valence-electron chi connectivity index (χ2n) is 6.14. The van der Waals surface area contributed by atoms with Gasteiger partial charge in [0.15, 0.2) is 0 Å². The summed E-state index contributed by atoms with van der Waals surface area (Å²) in [6.45, 7) is -0.269. The number of anilines is 1. The number of nitrogens with two attached hydrogens (primary N) is 1. The molecule has 1 aromatic heterocycles. The largest absolute Gasteiger partial charge is 0.481 e. The Morgan fingerprint density at radius 1 is 1.33 bits per heavy atom. The van der Waals surface area contributed by atoms with Crippen LogP contribution in [0.4, 0.5) is 5.82 Å². The minimum Gasteiger partial charge on any atom is -0.481 e. The van der Waals surface area contributed by atoms with E-state index < -0.39 is 42.3 Å². The van der Waals surface area contributed by atoms with Crippen molar-refractivity contribution < 1.29 is 34.8 Å². The highest BCUT2D eigenvalue weighted by molar-refractivity contribution is 5.67. The molecule has 1 unspecified atom stereocenters. The normalized spacial score (nSPS) is 23.4. The monoisotopic (exact) mass is 386 g/mol. The molecule has 0 spiro atoms. The van der Waals surface area contributed by atoms with Gasteiger partial charge in [-0.05, 0) is 6.07 Å². The number of aliphatic hydroxyl groups excluding tert-OH is 2. The Morgan fingerprint density at radius 2 is 1.93 bits per heavy atom. The highest BCUT2D eigenvalue weighted by atomic mass is 16.5. The first kappa shape index (κ1) is 20.8. The van der Waals surface area contributed by atoms with Gasteiger partial charge in [0.25, 0.3) is 0 Å². The fraction of sp³-hybridized carbons (Fsp3) is 0.600. The number of carboxylic acid groups (broad SMARTS) is 2. The van der Waals surface area contributed by atoms with E-state index in [9.17, 15) is 24.6 Å². The van der Waals surface area contributed by atoms with Crippen LogP contribution in [0.5, 0.6) is 0 Å². The van der Waals surface area contributed by atoms with Gasteiger partial charge in [-0.25, -0.2) is 4.79 Å². The number of carboxylic acids is 2. The molecule has 0 amide bonds. The van der Waals surface area contributed by atoms with Crippen LogP contribution in [-0.2, 0) is 14.3 Å². The summed E-state index contributed by atoms with van der Waals surface area (Å²) >= 11 is 0. The molecule has 12 heteroatoms. The van der Waals surface area contributed by atoms with Crippen LogP contribution in [0.15, 0.2) is 17.1 Å². The molecule has 1 aliphatic rings. The van der Waals surface area contributed by atoms with E-state index in [1.54, 1.807) is 0 Å². The third kappa shape index (κ3) is 5.47. The lowest BCUT2D eigenvalue weighted by atomic mass is 10.1. The van der Waals surface area contributed by atoms with Crippen molar-refractivity contribution in [2.75, 3.05) is 18.8 Å². The summed E-state index contributed by atoms with van der Waals surface area (Å²) in [5, 5.41) is 38.4. The highest BCUT2D eigenvalue weighted by Gasteiger charge is 2.42. The van der Waals surface area contributed by atoms with Crippen LogP contribution < -0.4 is 11.4 Å². The second kappa shape index (κ2) is 8.90. The smallest absolute Gasteiger partial charge is 0.351 e.